The molecule has 5 nitrogen and oxygen atoms in total. The van der Waals surface area contributed by atoms with E-state index in [9.17, 15) is 8.42 Å². The van der Waals surface area contributed by atoms with Crippen molar-refractivity contribution in [2.24, 2.45) is 11.8 Å². The molecule has 2 aliphatic carbocycles. The standard InChI is InChI=1S/C13H19N3O2S/c14-13-12(2-1-7-15-13)19(17,18)16(8-10-3-4-10)9-11-5-6-11/h1-2,7,10-11H,3-6,8-9H2,(H2,14,15). The van der Waals surface area contributed by atoms with Gasteiger partial charge in [0.15, 0.2) is 0 Å². The van der Waals surface area contributed by atoms with E-state index >= 15 is 0 Å². The summed E-state index contributed by atoms with van der Waals surface area (Å²) in [6.45, 7) is 1.26. The Morgan fingerprint density at radius 2 is 1.79 bits per heavy atom. The second-order valence-electron chi connectivity index (χ2n) is 5.60. The molecule has 0 bridgehead atoms. The van der Waals surface area contributed by atoms with Gasteiger partial charge in [0.25, 0.3) is 0 Å². The topological polar surface area (TPSA) is 76.3 Å². The summed E-state index contributed by atoms with van der Waals surface area (Å²) in [6, 6.07) is 3.17. The smallest absolute Gasteiger partial charge is 0.246 e. The maximum Gasteiger partial charge on any atom is 0.246 e. The first kappa shape index (κ1) is 12.9. The van der Waals surface area contributed by atoms with Gasteiger partial charge in [-0.15, -0.1) is 0 Å². The van der Waals surface area contributed by atoms with Crippen LogP contribution in [0.4, 0.5) is 5.82 Å². The zero-order chi connectivity index (χ0) is 13.5. The van der Waals surface area contributed by atoms with Crippen LogP contribution in [0.5, 0.6) is 0 Å². The molecule has 2 saturated carbocycles. The van der Waals surface area contributed by atoms with E-state index in [0.29, 0.717) is 24.9 Å². The second-order valence-corrected chi connectivity index (χ2v) is 7.50. The number of nitrogen functional groups attached to an aromatic ring is 1. The lowest BCUT2D eigenvalue weighted by atomic mass is 10.4. The molecule has 1 aromatic heterocycles. The lowest BCUT2D eigenvalue weighted by molar-refractivity contribution is 0.382. The largest absolute Gasteiger partial charge is 0.383 e. The molecular weight excluding hydrogens is 262 g/mol. The normalized spacial score (nSPS) is 19.8. The third kappa shape index (κ3) is 2.90. The summed E-state index contributed by atoms with van der Waals surface area (Å²) in [7, 11) is -3.50. The Morgan fingerprint density at radius 3 is 2.26 bits per heavy atom. The molecule has 3 rings (SSSR count). The van der Waals surface area contributed by atoms with Gasteiger partial charge in [-0.25, -0.2) is 13.4 Å². The summed E-state index contributed by atoms with van der Waals surface area (Å²) in [5.41, 5.74) is 5.72. The number of nitrogens with zero attached hydrogens (tertiary/aromatic N) is 2. The van der Waals surface area contributed by atoms with Crippen molar-refractivity contribution in [3.63, 3.8) is 0 Å². The molecule has 0 unspecified atom stereocenters. The molecule has 2 fully saturated rings. The molecule has 0 radical (unpaired) electrons. The minimum absolute atomic E-state index is 0.0964. The Bertz CT molecular complexity index is 551. The molecule has 1 heterocycles. The molecule has 0 spiro atoms. The van der Waals surface area contributed by atoms with Gasteiger partial charge in [-0.3, -0.25) is 0 Å². The van der Waals surface area contributed by atoms with Crippen LogP contribution in [0.3, 0.4) is 0 Å². The average molecular weight is 281 g/mol. The quantitative estimate of drug-likeness (QED) is 0.856. The second kappa shape index (κ2) is 4.76. The highest BCUT2D eigenvalue weighted by atomic mass is 32.2. The third-order valence-corrected chi connectivity index (χ3v) is 5.61. The van der Waals surface area contributed by atoms with Gasteiger partial charge in [-0.1, -0.05) is 0 Å². The molecule has 2 N–H and O–H groups in total. The predicted octanol–water partition coefficient (Wildman–Crippen LogP) is 1.47. The minimum Gasteiger partial charge on any atom is -0.383 e. The molecule has 0 aromatic carbocycles. The van der Waals surface area contributed by atoms with Crippen LogP contribution in [-0.4, -0.2) is 30.8 Å². The van der Waals surface area contributed by atoms with Crippen LogP contribution in [0, 0.1) is 11.8 Å². The number of aromatic nitrogens is 1. The highest BCUT2D eigenvalue weighted by Gasteiger charge is 2.36. The van der Waals surface area contributed by atoms with Crippen molar-refractivity contribution in [1.82, 2.24) is 9.29 Å². The number of anilines is 1. The van der Waals surface area contributed by atoms with E-state index in [4.69, 9.17) is 5.73 Å². The zero-order valence-electron chi connectivity index (χ0n) is 10.8. The summed E-state index contributed by atoms with van der Waals surface area (Å²) >= 11 is 0. The first-order chi connectivity index (χ1) is 9.07. The van der Waals surface area contributed by atoms with Crippen molar-refractivity contribution in [3.05, 3.63) is 18.3 Å². The van der Waals surface area contributed by atoms with Crippen LogP contribution >= 0.6 is 0 Å². The van der Waals surface area contributed by atoms with E-state index in [1.54, 1.807) is 16.4 Å². The fraction of sp³-hybridized carbons (Fsp3) is 0.615. The van der Waals surface area contributed by atoms with Crippen molar-refractivity contribution in [3.8, 4) is 0 Å². The van der Waals surface area contributed by atoms with E-state index in [2.05, 4.69) is 4.98 Å². The molecule has 104 valence electrons. The van der Waals surface area contributed by atoms with Gasteiger partial charge >= 0.3 is 0 Å². The molecule has 6 heteroatoms. The van der Waals surface area contributed by atoms with Gasteiger partial charge in [-0.2, -0.15) is 4.31 Å². The molecule has 0 amide bonds. The van der Waals surface area contributed by atoms with Crippen molar-refractivity contribution in [2.45, 2.75) is 30.6 Å². The van der Waals surface area contributed by atoms with Gasteiger partial charge in [0.05, 0.1) is 0 Å². The van der Waals surface area contributed by atoms with Gasteiger partial charge in [0.2, 0.25) is 10.0 Å². The minimum atomic E-state index is -3.50. The van der Waals surface area contributed by atoms with Crippen molar-refractivity contribution in [1.29, 1.82) is 0 Å². The van der Waals surface area contributed by atoms with Crippen LogP contribution < -0.4 is 5.73 Å². The molecule has 0 atom stereocenters. The van der Waals surface area contributed by atoms with Crippen LogP contribution in [0.15, 0.2) is 23.2 Å². The summed E-state index contributed by atoms with van der Waals surface area (Å²) < 4.78 is 27.0. The van der Waals surface area contributed by atoms with E-state index in [1.807, 2.05) is 0 Å². The predicted molar refractivity (Wildman–Crippen MR) is 72.9 cm³/mol. The highest BCUT2D eigenvalue weighted by Crippen LogP contribution is 2.36. The number of pyridine rings is 1. The van der Waals surface area contributed by atoms with Gasteiger partial charge in [-0.05, 0) is 49.7 Å². The average Bonchev–Trinajstić information content (AvgIpc) is 3.23. The summed E-state index contributed by atoms with van der Waals surface area (Å²) in [5, 5.41) is 0. The Labute approximate surface area is 113 Å². The van der Waals surface area contributed by atoms with Gasteiger partial charge in [0, 0.05) is 19.3 Å². The van der Waals surface area contributed by atoms with Gasteiger partial charge < -0.3 is 5.73 Å². The van der Waals surface area contributed by atoms with Crippen molar-refractivity contribution >= 4 is 15.8 Å². The van der Waals surface area contributed by atoms with Crippen LogP contribution in [0.2, 0.25) is 0 Å². The van der Waals surface area contributed by atoms with Gasteiger partial charge in [0.1, 0.15) is 10.7 Å². The maximum absolute atomic E-state index is 12.7. The molecule has 0 aliphatic heterocycles. The van der Waals surface area contributed by atoms with Crippen LogP contribution in [0.25, 0.3) is 0 Å². The summed E-state index contributed by atoms with van der Waals surface area (Å²) in [4.78, 5) is 4.04. The maximum atomic E-state index is 12.7. The molecular formula is C13H19N3O2S. The highest BCUT2D eigenvalue weighted by molar-refractivity contribution is 7.89. The first-order valence-corrected chi connectivity index (χ1v) is 8.22. The third-order valence-electron chi connectivity index (χ3n) is 3.74. The molecule has 1 aromatic rings. The summed E-state index contributed by atoms with van der Waals surface area (Å²) in [6.07, 6.45) is 6.07. The number of hydrogen-bond donors (Lipinski definition) is 1. The van der Waals surface area contributed by atoms with Crippen LogP contribution in [-0.2, 0) is 10.0 Å². The summed E-state index contributed by atoms with van der Waals surface area (Å²) in [5.74, 6) is 1.16. The van der Waals surface area contributed by atoms with E-state index in [1.165, 1.54) is 6.20 Å². The van der Waals surface area contributed by atoms with E-state index in [0.717, 1.165) is 25.7 Å². The fourth-order valence-electron chi connectivity index (χ4n) is 2.21. The lowest BCUT2D eigenvalue weighted by Gasteiger charge is -2.22. The molecule has 2 aliphatic rings. The Morgan fingerprint density at radius 1 is 1.21 bits per heavy atom. The zero-order valence-corrected chi connectivity index (χ0v) is 11.6. The number of hydrogen-bond acceptors (Lipinski definition) is 4. The van der Waals surface area contributed by atoms with E-state index < -0.39 is 10.0 Å². The Kier molecular flexibility index (Phi) is 3.22. The Balaban J connectivity index is 1.87. The number of rotatable bonds is 6. The molecule has 19 heavy (non-hydrogen) atoms. The van der Waals surface area contributed by atoms with E-state index in [-0.39, 0.29) is 10.7 Å². The SMILES string of the molecule is Nc1ncccc1S(=O)(=O)N(CC1CC1)CC1CC1. The number of nitrogens with two attached hydrogens (primary N) is 1. The van der Waals surface area contributed by atoms with Crippen molar-refractivity contribution < 1.29 is 8.42 Å². The molecule has 0 saturated heterocycles. The Hall–Kier alpha value is -1.14. The van der Waals surface area contributed by atoms with Crippen molar-refractivity contribution in [2.75, 3.05) is 18.8 Å². The van der Waals surface area contributed by atoms with Crippen LogP contribution in [0.1, 0.15) is 25.7 Å². The first-order valence-electron chi connectivity index (χ1n) is 6.78. The lowest BCUT2D eigenvalue weighted by Crippen LogP contribution is -2.35. The number of sulfonamides is 1. The monoisotopic (exact) mass is 281 g/mol. The fourth-order valence-corrected chi connectivity index (χ4v) is 3.87.